The number of hydrogen-bond acceptors (Lipinski definition) is 4. The summed E-state index contributed by atoms with van der Waals surface area (Å²) < 4.78 is 5.66. The minimum atomic E-state index is 0.222. The van der Waals surface area contributed by atoms with E-state index in [1.807, 2.05) is 24.4 Å². The Balaban J connectivity index is 1.74. The number of morpholine rings is 1. The van der Waals surface area contributed by atoms with Crippen LogP contribution in [-0.2, 0) is 4.74 Å². The Morgan fingerprint density at radius 1 is 1.33 bits per heavy atom. The first kappa shape index (κ1) is 11.4. The molecule has 1 aliphatic rings. The molecule has 4 heteroatoms. The highest BCUT2D eigenvalue weighted by molar-refractivity contribution is 5.91. The van der Waals surface area contributed by atoms with Crippen molar-refractivity contribution in [3.05, 3.63) is 36.5 Å². The van der Waals surface area contributed by atoms with Crippen LogP contribution < -0.4 is 10.6 Å². The fourth-order valence-corrected chi connectivity index (χ4v) is 2.22. The van der Waals surface area contributed by atoms with Gasteiger partial charge in [0.2, 0.25) is 0 Å². The largest absolute Gasteiger partial charge is 0.374 e. The highest BCUT2D eigenvalue weighted by Gasteiger charge is 2.13. The second-order valence-corrected chi connectivity index (χ2v) is 4.46. The molecule has 3 rings (SSSR count). The number of fused-ring (bicyclic) bond motifs is 1. The van der Waals surface area contributed by atoms with E-state index in [1.165, 1.54) is 5.39 Å². The van der Waals surface area contributed by atoms with Crippen LogP contribution in [-0.4, -0.2) is 37.3 Å². The van der Waals surface area contributed by atoms with Crippen molar-refractivity contribution in [3.8, 4) is 0 Å². The molecule has 2 N–H and O–H groups in total. The van der Waals surface area contributed by atoms with Crippen molar-refractivity contribution >= 4 is 16.6 Å². The lowest BCUT2D eigenvalue weighted by atomic mass is 10.1. The number of aromatic nitrogens is 1. The van der Waals surface area contributed by atoms with E-state index in [2.05, 4.69) is 27.8 Å². The van der Waals surface area contributed by atoms with Crippen molar-refractivity contribution in [1.29, 1.82) is 0 Å². The van der Waals surface area contributed by atoms with Gasteiger partial charge in [0, 0.05) is 31.2 Å². The summed E-state index contributed by atoms with van der Waals surface area (Å²) >= 11 is 0. The molecule has 0 amide bonds. The third-order valence-electron chi connectivity index (χ3n) is 3.18. The van der Waals surface area contributed by atoms with Gasteiger partial charge in [-0.1, -0.05) is 24.3 Å². The molecule has 1 aliphatic heterocycles. The van der Waals surface area contributed by atoms with Crippen molar-refractivity contribution in [1.82, 2.24) is 10.3 Å². The molecule has 2 heterocycles. The fourth-order valence-electron chi connectivity index (χ4n) is 2.22. The summed E-state index contributed by atoms with van der Waals surface area (Å²) in [5, 5.41) is 9.07. The molecule has 2 aromatic rings. The summed E-state index contributed by atoms with van der Waals surface area (Å²) in [6.07, 6.45) is 2.06. The summed E-state index contributed by atoms with van der Waals surface area (Å²) in [6.45, 7) is 3.42. The van der Waals surface area contributed by atoms with E-state index >= 15 is 0 Å². The molecule has 0 saturated carbocycles. The van der Waals surface area contributed by atoms with E-state index in [0.29, 0.717) is 0 Å². The fraction of sp³-hybridized carbons (Fsp3) is 0.357. The first-order chi connectivity index (χ1) is 8.93. The highest BCUT2D eigenvalue weighted by Crippen LogP contribution is 2.20. The van der Waals surface area contributed by atoms with Crippen LogP contribution in [0.3, 0.4) is 0 Å². The molecule has 1 saturated heterocycles. The zero-order valence-electron chi connectivity index (χ0n) is 10.2. The Kier molecular flexibility index (Phi) is 3.39. The van der Waals surface area contributed by atoms with E-state index in [4.69, 9.17) is 4.74 Å². The number of rotatable bonds is 3. The number of ether oxygens (including phenoxy) is 1. The Morgan fingerprint density at radius 2 is 2.28 bits per heavy atom. The first-order valence-electron chi connectivity index (χ1n) is 6.33. The van der Waals surface area contributed by atoms with Gasteiger partial charge < -0.3 is 15.4 Å². The van der Waals surface area contributed by atoms with Gasteiger partial charge in [-0.25, -0.2) is 4.98 Å². The van der Waals surface area contributed by atoms with Crippen LogP contribution in [0.25, 0.3) is 10.8 Å². The van der Waals surface area contributed by atoms with E-state index in [9.17, 15) is 0 Å². The molecular weight excluding hydrogens is 226 g/mol. The Bertz CT molecular complexity index is 518. The van der Waals surface area contributed by atoms with Gasteiger partial charge in [0.15, 0.2) is 0 Å². The molecule has 1 aromatic heterocycles. The van der Waals surface area contributed by atoms with Gasteiger partial charge in [0.05, 0.1) is 12.7 Å². The Labute approximate surface area is 106 Å². The van der Waals surface area contributed by atoms with Crippen LogP contribution in [0, 0.1) is 0 Å². The second kappa shape index (κ2) is 5.33. The number of anilines is 1. The average molecular weight is 243 g/mol. The van der Waals surface area contributed by atoms with Gasteiger partial charge in [0.25, 0.3) is 0 Å². The molecular formula is C14H17N3O. The van der Waals surface area contributed by atoms with Crippen molar-refractivity contribution in [2.75, 3.05) is 31.6 Å². The molecule has 1 atom stereocenters. The number of nitrogens with one attached hydrogen (secondary N) is 2. The standard InChI is InChI=1S/C14H17N3O/c1-2-4-13-11(3-1)5-6-16-14(13)17-10-12-9-15-7-8-18-12/h1-6,12,15H,7-10H2,(H,16,17). The normalized spacial score (nSPS) is 19.9. The van der Waals surface area contributed by atoms with Gasteiger partial charge in [-0.15, -0.1) is 0 Å². The summed E-state index contributed by atoms with van der Waals surface area (Å²) in [5.74, 6) is 0.933. The van der Waals surface area contributed by atoms with Gasteiger partial charge in [-0.2, -0.15) is 0 Å². The predicted octanol–water partition coefficient (Wildman–Crippen LogP) is 1.64. The molecule has 1 unspecified atom stereocenters. The zero-order valence-corrected chi connectivity index (χ0v) is 10.2. The van der Waals surface area contributed by atoms with Crippen LogP contribution in [0.15, 0.2) is 36.5 Å². The minimum absolute atomic E-state index is 0.222. The number of nitrogens with zero attached hydrogens (tertiary/aromatic N) is 1. The topological polar surface area (TPSA) is 46.2 Å². The molecule has 0 spiro atoms. The first-order valence-corrected chi connectivity index (χ1v) is 6.33. The Hall–Kier alpha value is -1.65. The van der Waals surface area contributed by atoms with Gasteiger partial charge in [0.1, 0.15) is 5.82 Å². The number of benzene rings is 1. The molecule has 1 aromatic carbocycles. The summed E-state index contributed by atoms with van der Waals surface area (Å²) in [7, 11) is 0. The SMILES string of the molecule is c1ccc2c(NCC3CNCCO3)nccc2c1. The van der Waals surface area contributed by atoms with Crippen LogP contribution in [0.2, 0.25) is 0 Å². The minimum Gasteiger partial charge on any atom is -0.374 e. The van der Waals surface area contributed by atoms with Crippen molar-refractivity contribution in [3.63, 3.8) is 0 Å². The lowest BCUT2D eigenvalue weighted by molar-refractivity contribution is 0.0372. The second-order valence-electron chi connectivity index (χ2n) is 4.46. The van der Waals surface area contributed by atoms with Crippen LogP contribution in [0.4, 0.5) is 5.82 Å². The Morgan fingerprint density at radius 3 is 3.17 bits per heavy atom. The lowest BCUT2D eigenvalue weighted by Gasteiger charge is -2.24. The zero-order chi connectivity index (χ0) is 12.2. The third kappa shape index (κ3) is 2.44. The smallest absolute Gasteiger partial charge is 0.133 e. The number of pyridine rings is 1. The maximum atomic E-state index is 5.66. The van der Waals surface area contributed by atoms with Gasteiger partial charge >= 0.3 is 0 Å². The molecule has 4 nitrogen and oxygen atoms in total. The van der Waals surface area contributed by atoms with Gasteiger partial charge in [-0.05, 0) is 11.5 Å². The van der Waals surface area contributed by atoms with Crippen LogP contribution >= 0.6 is 0 Å². The predicted molar refractivity (Wildman–Crippen MR) is 72.8 cm³/mol. The average Bonchev–Trinajstić information content (AvgIpc) is 2.46. The van der Waals surface area contributed by atoms with E-state index in [-0.39, 0.29) is 6.10 Å². The van der Waals surface area contributed by atoms with E-state index in [1.54, 1.807) is 0 Å². The maximum absolute atomic E-state index is 5.66. The molecule has 0 aliphatic carbocycles. The van der Waals surface area contributed by atoms with E-state index < -0.39 is 0 Å². The highest BCUT2D eigenvalue weighted by atomic mass is 16.5. The van der Waals surface area contributed by atoms with Crippen molar-refractivity contribution in [2.45, 2.75) is 6.10 Å². The molecule has 18 heavy (non-hydrogen) atoms. The quantitative estimate of drug-likeness (QED) is 0.860. The van der Waals surface area contributed by atoms with Gasteiger partial charge in [-0.3, -0.25) is 0 Å². The molecule has 94 valence electrons. The lowest BCUT2D eigenvalue weighted by Crippen LogP contribution is -2.42. The summed E-state index contributed by atoms with van der Waals surface area (Å²) in [4.78, 5) is 4.40. The van der Waals surface area contributed by atoms with E-state index in [0.717, 1.165) is 37.4 Å². The van der Waals surface area contributed by atoms with Crippen LogP contribution in [0.1, 0.15) is 0 Å². The summed E-state index contributed by atoms with van der Waals surface area (Å²) in [6, 6.07) is 10.3. The molecule has 0 bridgehead atoms. The third-order valence-corrected chi connectivity index (χ3v) is 3.18. The van der Waals surface area contributed by atoms with Crippen molar-refractivity contribution in [2.24, 2.45) is 0 Å². The van der Waals surface area contributed by atoms with Crippen LogP contribution in [0.5, 0.6) is 0 Å². The monoisotopic (exact) mass is 243 g/mol. The van der Waals surface area contributed by atoms with Crippen molar-refractivity contribution < 1.29 is 4.74 Å². The number of hydrogen-bond donors (Lipinski definition) is 2. The molecule has 0 radical (unpaired) electrons. The summed E-state index contributed by atoms with van der Waals surface area (Å²) in [5.41, 5.74) is 0. The maximum Gasteiger partial charge on any atom is 0.133 e. The molecule has 1 fully saturated rings.